The molecule has 1 aliphatic carbocycles. The molecule has 0 spiro atoms. The Labute approximate surface area is 102 Å². The lowest BCUT2D eigenvalue weighted by Crippen LogP contribution is -2.60. The van der Waals surface area contributed by atoms with Crippen molar-refractivity contribution in [1.82, 2.24) is 0 Å². The molecule has 2 N–H and O–H groups in total. The summed E-state index contributed by atoms with van der Waals surface area (Å²) in [4.78, 5) is 0. The highest BCUT2D eigenvalue weighted by Crippen LogP contribution is 2.42. The van der Waals surface area contributed by atoms with Gasteiger partial charge in [-0.05, 0) is 0 Å². The van der Waals surface area contributed by atoms with E-state index >= 15 is 0 Å². The molecular weight excluding hydrogens is 250 g/mol. The van der Waals surface area contributed by atoms with Crippen molar-refractivity contribution in [3.05, 3.63) is 29.3 Å². The Hall–Kier alpha value is -1.30. The minimum absolute atomic E-state index is 0.148. The zero-order valence-electron chi connectivity index (χ0n) is 9.94. The van der Waals surface area contributed by atoms with Crippen molar-refractivity contribution < 1.29 is 22.3 Å². The lowest BCUT2D eigenvalue weighted by molar-refractivity contribution is -0.0445. The van der Waals surface area contributed by atoms with Gasteiger partial charge in [0.2, 0.25) is 11.6 Å². The quantitative estimate of drug-likeness (QED) is 0.657. The van der Waals surface area contributed by atoms with Crippen molar-refractivity contribution in [2.45, 2.75) is 32.4 Å². The van der Waals surface area contributed by atoms with Crippen LogP contribution in [-0.4, -0.2) is 12.1 Å². The van der Waals surface area contributed by atoms with Gasteiger partial charge in [0.05, 0.1) is 0 Å². The summed E-state index contributed by atoms with van der Waals surface area (Å²) in [5.41, 5.74) is 5.22. The van der Waals surface area contributed by atoms with Gasteiger partial charge in [-0.25, -0.2) is 8.78 Å². The SMILES string of the molecule is CC1(C)C(N)CC1Oc1c(F)c(F)cc(F)c1F. The maximum absolute atomic E-state index is 13.4. The van der Waals surface area contributed by atoms with E-state index in [0.29, 0.717) is 6.42 Å². The topological polar surface area (TPSA) is 35.2 Å². The second kappa shape index (κ2) is 4.12. The standard InChI is InChI=1S/C12H13F4NO/c1-12(2)7(17)4-8(12)18-11-9(15)5(13)3-6(14)10(11)16/h3,7-8H,4,17H2,1-2H3. The van der Waals surface area contributed by atoms with Crippen LogP contribution in [0, 0.1) is 28.7 Å². The van der Waals surface area contributed by atoms with Crippen molar-refractivity contribution in [2.24, 2.45) is 11.1 Å². The highest BCUT2D eigenvalue weighted by atomic mass is 19.2. The van der Waals surface area contributed by atoms with Crippen LogP contribution < -0.4 is 10.5 Å². The molecule has 2 unspecified atom stereocenters. The van der Waals surface area contributed by atoms with Crippen LogP contribution in [0.25, 0.3) is 0 Å². The molecule has 0 aliphatic heterocycles. The zero-order valence-corrected chi connectivity index (χ0v) is 9.94. The van der Waals surface area contributed by atoms with E-state index in [0.717, 1.165) is 0 Å². The third-order valence-corrected chi connectivity index (χ3v) is 3.59. The van der Waals surface area contributed by atoms with E-state index in [2.05, 4.69) is 0 Å². The van der Waals surface area contributed by atoms with Crippen LogP contribution in [0.5, 0.6) is 5.75 Å². The lowest BCUT2D eigenvalue weighted by Gasteiger charge is -2.49. The first kappa shape index (κ1) is 13.1. The summed E-state index contributed by atoms with van der Waals surface area (Å²) in [6.07, 6.45) is -0.193. The van der Waals surface area contributed by atoms with Gasteiger partial charge in [-0.15, -0.1) is 0 Å². The first-order valence-corrected chi connectivity index (χ1v) is 5.50. The number of rotatable bonds is 2. The predicted octanol–water partition coefficient (Wildman–Crippen LogP) is 2.75. The van der Waals surface area contributed by atoms with Gasteiger partial charge >= 0.3 is 0 Å². The van der Waals surface area contributed by atoms with Gasteiger partial charge < -0.3 is 10.5 Å². The minimum Gasteiger partial charge on any atom is -0.484 e. The van der Waals surface area contributed by atoms with E-state index in [1.807, 2.05) is 0 Å². The second-order valence-electron chi connectivity index (χ2n) is 5.07. The molecule has 1 aromatic rings. The Morgan fingerprint density at radius 1 is 1.17 bits per heavy atom. The number of hydrogen-bond acceptors (Lipinski definition) is 2. The van der Waals surface area contributed by atoms with E-state index in [-0.39, 0.29) is 12.1 Å². The van der Waals surface area contributed by atoms with Crippen LogP contribution in [0.3, 0.4) is 0 Å². The Morgan fingerprint density at radius 2 is 1.67 bits per heavy atom. The highest BCUT2D eigenvalue weighted by Gasteiger charge is 2.48. The molecular formula is C12H13F4NO. The fraction of sp³-hybridized carbons (Fsp3) is 0.500. The summed E-state index contributed by atoms with van der Waals surface area (Å²) in [5, 5.41) is 0. The zero-order chi connectivity index (χ0) is 13.7. The molecule has 2 atom stereocenters. The molecule has 18 heavy (non-hydrogen) atoms. The molecule has 1 fully saturated rings. The molecule has 2 nitrogen and oxygen atoms in total. The largest absolute Gasteiger partial charge is 0.484 e. The van der Waals surface area contributed by atoms with Crippen molar-refractivity contribution >= 4 is 0 Å². The number of ether oxygens (including phenoxy) is 1. The van der Waals surface area contributed by atoms with Crippen LogP contribution in [0.4, 0.5) is 17.6 Å². The van der Waals surface area contributed by atoms with Gasteiger partial charge in [0, 0.05) is 23.9 Å². The van der Waals surface area contributed by atoms with Gasteiger partial charge in [-0.2, -0.15) is 8.78 Å². The summed E-state index contributed by atoms with van der Waals surface area (Å²) in [6.45, 7) is 3.52. The third-order valence-electron chi connectivity index (χ3n) is 3.59. The lowest BCUT2D eigenvalue weighted by atomic mass is 9.65. The minimum atomic E-state index is -1.52. The highest BCUT2D eigenvalue weighted by molar-refractivity contribution is 5.29. The Morgan fingerprint density at radius 3 is 2.06 bits per heavy atom. The fourth-order valence-corrected chi connectivity index (χ4v) is 1.91. The Balaban J connectivity index is 2.31. The van der Waals surface area contributed by atoms with Gasteiger partial charge in [0.25, 0.3) is 0 Å². The molecule has 0 bridgehead atoms. The molecule has 1 aromatic carbocycles. The van der Waals surface area contributed by atoms with Crippen molar-refractivity contribution in [3.8, 4) is 5.75 Å². The van der Waals surface area contributed by atoms with Crippen LogP contribution in [0.2, 0.25) is 0 Å². The normalized spacial score (nSPS) is 25.7. The monoisotopic (exact) mass is 263 g/mol. The van der Waals surface area contributed by atoms with Crippen LogP contribution in [-0.2, 0) is 0 Å². The average molecular weight is 263 g/mol. The first-order chi connectivity index (χ1) is 8.25. The molecule has 1 saturated carbocycles. The van der Waals surface area contributed by atoms with Gasteiger partial charge in [0.1, 0.15) is 6.10 Å². The smallest absolute Gasteiger partial charge is 0.203 e. The number of nitrogens with two attached hydrogens (primary N) is 1. The molecule has 6 heteroatoms. The molecule has 0 amide bonds. The van der Waals surface area contributed by atoms with Crippen LogP contribution >= 0.6 is 0 Å². The molecule has 1 aliphatic rings. The van der Waals surface area contributed by atoms with Crippen molar-refractivity contribution in [2.75, 3.05) is 0 Å². The third kappa shape index (κ3) is 1.84. The Kier molecular flexibility index (Phi) is 3.01. The molecule has 2 rings (SSSR count). The van der Waals surface area contributed by atoms with E-state index in [1.54, 1.807) is 13.8 Å². The van der Waals surface area contributed by atoms with Gasteiger partial charge in [-0.3, -0.25) is 0 Å². The first-order valence-electron chi connectivity index (χ1n) is 5.50. The summed E-state index contributed by atoms with van der Waals surface area (Å²) in [5.74, 6) is -7.02. The maximum atomic E-state index is 13.4. The van der Waals surface area contributed by atoms with Gasteiger partial charge in [0.15, 0.2) is 17.4 Å². The van der Waals surface area contributed by atoms with Crippen LogP contribution in [0.1, 0.15) is 20.3 Å². The maximum Gasteiger partial charge on any atom is 0.203 e. The van der Waals surface area contributed by atoms with Gasteiger partial charge in [-0.1, -0.05) is 13.8 Å². The molecule has 0 radical (unpaired) electrons. The van der Waals surface area contributed by atoms with E-state index in [4.69, 9.17) is 10.5 Å². The fourth-order valence-electron chi connectivity index (χ4n) is 1.91. The average Bonchev–Trinajstić information content (AvgIpc) is 2.30. The summed E-state index contributed by atoms with van der Waals surface area (Å²) in [6, 6.07) is -0.0261. The molecule has 0 heterocycles. The van der Waals surface area contributed by atoms with E-state index in [9.17, 15) is 17.6 Å². The van der Waals surface area contributed by atoms with Crippen molar-refractivity contribution in [3.63, 3.8) is 0 Å². The van der Waals surface area contributed by atoms with Crippen LogP contribution in [0.15, 0.2) is 6.07 Å². The summed E-state index contributed by atoms with van der Waals surface area (Å²) < 4.78 is 57.7. The van der Waals surface area contributed by atoms with Crippen molar-refractivity contribution in [1.29, 1.82) is 0 Å². The molecule has 100 valence electrons. The Bertz CT molecular complexity index is 463. The molecule has 0 aromatic heterocycles. The predicted molar refractivity (Wildman–Crippen MR) is 57.1 cm³/mol. The second-order valence-corrected chi connectivity index (χ2v) is 5.07. The summed E-state index contributed by atoms with van der Waals surface area (Å²) >= 11 is 0. The number of hydrogen-bond donors (Lipinski definition) is 1. The van der Waals surface area contributed by atoms with E-state index in [1.165, 1.54) is 0 Å². The number of halogens is 4. The summed E-state index contributed by atoms with van der Waals surface area (Å²) in [7, 11) is 0. The van der Waals surface area contributed by atoms with E-state index < -0.39 is 40.5 Å². The number of benzene rings is 1. The molecule has 0 saturated heterocycles.